The van der Waals surface area contributed by atoms with Crippen molar-refractivity contribution in [2.75, 3.05) is 0 Å². The number of aliphatic hydroxyl groups is 1. The maximum Gasteiger partial charge on any atom is 0.184 e. The molecule has 1 N–H and O–H groups in total. The van der Waals surface area contributed by atoms with Crippen molar-refractivity contribution in [2.45, 2.75) is 45.1 Å². The third-order valence-electron chi connectivity index (χ3n) is 6.14. The molecular formula is C24H25NO2. The standard InChI is InChI=1S/C24H25NO2/c1-17-21-8-5-9-22(26)24(21,15-19-6-3-2-4-7-19)16-20(23(17)27)14-18-10-12-25-13-11-18/h2-4,6-7,10-14,22,26H,5,8-9,15-16H2,1H3/t22-,24-/m0/s1. The van der Waals surface area contributed by atoms with Crippen molar-refractivity contribution >= 4 is 11.9 Å². The van der Waals surface area contributed by atoms with E-state index in [9.17, 15) is 9.90 Å². The van der Waals surface area contributed by atoms with Gasteiger partial charge in [-0.1, -0.05) is 35.9 Å². The molecule has 1 fully saturated rings. The number of fused-ring (bicyclic) bond motifs is 1. The average Bonchev–Trinajstić information content (AvgIpc) is 2.69. The molecule has 0 aliphatic heterocycles. The number of carbonyl (C=O) groups is 1. The molecule has 1 saturated carbocycles. The first kappa shape index (κ1) is 17.9. The number of hydrogen-bond donors (Lipinski definition) is 1. The first-order valence-electron chi connectivity index (χ1n) is 9.68. The highest BCUT2D eigenvalue weighted by Crippen LogP contribution is 2.52. The number of ketones is 1. The summed E-state index contributed by atoms with van der Waals surface area (Å²) in [6.45, 7) is 1.94. The van der Waals surface area contributed by atoms with E-state index in [1.807, 2.05) is 43.3 Å². The van der Waals surface area contributed by atoms with Crippen molar-refractivity contribution < 1.29 is 9.90 Å². The molecule has 1 aromatic carbocycles. The molecule has 4 rings (SSSR count). The summed E-state index contributed by atoms with van der Waals surface area (Å²) in [6, 6.07) is 14.2. The summed E-state index contributed by atoms with van der Waals surface area (Å²) in [5.41, 5.74) is 4.60. The number of Topliss-reactive ketones (excluding diaryl/α,β-unsaturated/α-hetero) is 1. The van der Waals surface area contributed by atoms with Gasteiger partial charge >= 0.3 is 0 Å². The van der Waals surface area contributed by atoms with E-state index in [0.29, 0.717) is 6.42 Å². The molecule has 138 valence electrons. The Morgan fingerprint density at radius 3 is 2.67 bits per heavy atom. The van der Waals surface area contributed by atoms with Gasteiger partial charge in [-0.25, -0.2) is 0 Å². The summed E-state index contributed by atoms with van der Waals surface area (Å²) in [5.74, 6) is 0.125. The molecule has 1 heterocycles. The van der Waals surface area contributed by atoms with Crippen LogP contribution >= 0.6 is 0 Å². The van der Waals surface area contributed by atoms with E-state index in [0.717, 1.165) is 42.4 Å². The van der Waals surface area contributed by atoms with E-state index in [-0.39, 0.29) is 11.2 Å². The normalized spacial score (nSPS) is 27.0. The fraction of sp³-hybridized carbons (Fsp3) is 0.333. The van der Waals surface area contributed by atoms with Crippen LogP contribution in [0.1, 0.15) is 43.7 Å². The number of rotatable bonds is 3. The number of aromatic nitrogens is 1. The van der Waals surface area contributed by atoms with Crippen LogP contribution in [0.25, 0.3) is 6.08 Å². The molecule has 2 aliphatic carbocycles. The molecule has 27 heavy (non-hydrogen) atoms. The van der Waals surface area contributed by atoms with E-state index in [2.05, 4.69) is 17.1 Å². The Bertz CT molecular complexity index is 898. The number of carbonyl (C=O) groups excluding carboxylic acids is 1. The molecule has 0 spiro atoms. The first-order chi connectivity index (χ1) is 13.1. The Kier molecular flexibility index (Phi) is 4.79. The minimum absolute atomic E-state index is 0.125. The smallest absolute Gasteiger partial charge is 0.184 e. The summed E-state index contributed by atoms with van der Waals surface area (Å²) < 4.78 is 0. The van der Waals surface area contributed by atoms with Crippen molar-refractivity contribution in [3.63, 3.8) is 0 Å². The maximum atomic E-state index is 13.1. The van der Waals surface area contributed by atoms with Gasteiger partial charge in [0.25, 0.3) is 0 Å². The van der Waals surface area contributed by atoms with Gasteiger partial charge in [-0.15, -0.1) is 0 Å². The van der Waals surface area contributed by atoms with Gasteiger partial charge in [-0.05, 0) is 73.9 Å². The second-order valence-corrected chi connectivity index (χ2v) is 7.79. The molecule has 0 amide bonds. The molecule has 3 nitrogen and oxygen atoms in total. The Balaban J connectivity index is 1.81. The zero-order valence-corrected chi connectivity index (χ0v) is 15.7. The van der Waals surface area contributed by atoms with Crippen LogP contribution in [0.3, 0.4) is 0 Å². The fourth-order valence-electron chi connectivity index (χ4n) is 4.81. The summed E-state index contributed by atoms with van der Waals surface area (Å²) in [4.78, 5) is 17.1. The van der Waals surface area contributed by atoms with Gasteiger partial charge in [0.2, 0.25) is 0 Å². The van der Waals surface area contributed by atoms with Gasteiger partial charge in [0.05, 0.1) is 6.10 Å². The average molecular weight is 359 g/mol. The Hall–Kier alpha value is -2.52. The Morgan fingerprint density at radius 1 is 1.19 bits per heavy atom. The summed E-state index contributed by atoms with van der Waals surface area (Å²) in [5, 5.41) is 11.1. The minimum atomic E-state index is -0.426. The van der Waals surface area contributed by atoms with Crippen LogP contribution in [0.15, 0.2) is 71.6 Å². The van der Waals surface area contributed by atoms with Gasteiger partial charge in [0.1, 0.15) is 0 Å². The predicted molar refractivity (Wildman–Crippen MR) is 107 cm³/mol. The molecule has 2 aliphatic rings. The van der Waals surface area contributed by atoms with Crippen molar-refractivity contribution in [1.29, 1.82) is 0 Å². The maximum absolute atomic E-state index is 13.1. The minimum Gasteiger partial charge on any atom is -0.392 e. The first-order valence-corrected chi connectivity index (χ1v) is 9.68. The zero-order valence-electron chi connectivity index (χ0n) is 15.7. The number of hydrogen-bond acceptors (Lipinski definition) is 3. The molecule has 0 bridgehead atoms. The predicted octanol–water partition coefficient (Wildman–Crippen LogP) is 4.53. The summed E-state index contributed by atoms with van der Waals surface area (Å²) >= 11 is 0. The van der Waals surface area contributed by atoms with Crippen LogP contribution in [-0.4, -0.2) is 22.0 Å². The van der Waals surface area contributed by atoms with Crippen LogP contribution in [-0.2, 0) is 11.2 Å². The fourth-order valence-corrected chi connectivity index (χ4v) is 4.81. The quantitative estimate of drug-likeness (QED) is 0.819. The van der Waals surface area contributed by atoms with Crippen LogP contribution in [0, 0.1) is 5.41 Å². The van der Waals surface area contributed by atoms with Crippen LogP contribution < -0.4 is 0 Å². The van der Waals surface area contributed by atoms with E-state index >= 15 is 0 Å². The van der Waals surface area contributed by atoms with Crippen LogP contribution in [0.2, 0.25) is 0 Å². The lowest BCUT2D eigenvalue weighted by molar-refractivity contribution is -0.113. The largest absolute Gasteiger partial charge is 0.392 e. The van der Waals surface area contributed by atoms with Crippen molar-refractivity contribution in [1.82, 2.24) is 4.98 Å². The van der Waals surface area contributed by atoms with Crippen molar-refractivity contribution in [3.8, 4) is 0 Å². The van der Waals surface area contributed by atoms with E-state index in [1.165, 1.54) is 11.1 Å². The van der Waals surface area contributed by atoms with Gasteiger partial charge in [0, 0.05) is 23.4 Å². The second-order valence-electron chi connectivity index (χ2n) is 7.79. The molecule has 0 unspecified atom stereocenters. The van der Waals surface area contributed by atoms with Gasteiger partial charge < -0.3 is 5.11 Å². The van der Waals surface area contributed by atoms with Crippen LogP contribution in [0.5, 0.6) is 0 Å². The lowest BCUT2D eigenvalue weighted by atomic mass is 9.57. The third-order valence-corrected chi connectivity index (χ3v) is 6.14. The van der Waals surface area contributed by atoms with Gasteiger partial charge in [-0.3, -0.25) is 9.78 Å². The topological polar surface area (TPSA) is 50.2 Å². The number of benzene rings is 1. The van der Waals surface area contributed by atoms with Gasteiger partial charge in [-0.2, -0.15) is 0 Å². The molecule has 0 radical (unpaired) electrons. The van der Waals surface area contributed by atoms with Crippen molar-refractivity contribution in [3.05, 3.63) is 82.7 Å². The molecular weight excluding hydrogens is 334 g/mol. The van der Waals surface area contributed by atoms with Gasteiger partial charge in [0.15, 0.2) is 5.78 Å². The Labute approximate surface area is 160 Å². The second kappa shape index (κ2) is 7.24. The zero-order chi connectivity index (χ0) is 18.9. The number of nitrogens with zero attached hydrogens (tertiary/aromatic N) is 1. The molecule has 1 aromatic heterocycles. The monoisotopic (exact) mass is 359 g/mol. The van der Waals surface area contributed by atoms with Crippen molar-refractivity contribution in [2.24, 2.45) is 5.41 Å². The number of aliphatic hydroxyl groups excluding tert-OH is 1. The molecule has 3 heteroatoms. The number of pyridine rings is 1. The molecule has 2 atom stereocenters. The highest BCUT2D eigenvalue weighted by molar-refractivity contribution is 6.12. The van der Waals surface area contributed by atoms with E-state index in [1.54, 1.807) is 12.4 Å². The van der Waals surface area contributed by atoms with E-state index < -0.39 is 6.10 Å². The van der Waals surface area contributed by atoms with Crippen LogP contribution in [0.4, 0.5) is 0 Å². The summed E-state index contributed by atoms with van der Waals surface area (Å²) in [6.07, 6.45) is 9.03. The lowest BCUT2D eigenvalue weighted by Gasteiger charge is -2.48. The highest BCUT2D eigenvalue weighted by Gasteiger charge is 2.48. The Morgan fingerprint density at radius 2 is 1.93 bits per heavy atom. The SMILES string of the molecule is CC1=C2CCC[C@H](O)[C@@]2(Cc2ccccc2)CC(=Cc2ccncc2)C1=O. The lowest BCUT2D eigenvalue weighted by Crippen LogP contribution is -2.46. The van der Waals surface area contributed by atoms with E-state index in [4.69, 9.17) is 0 Å². The summed E-state index contributed by atoms with van der Waals surface area (Å²) in [7, 11) is 0. The highest BCUT2D eigenvalue weighted by atomic mass is 16.3. The molecule has 0 saturated heterocycles. The number of allylic oxidation sites excluding steroid dienone is 2. The molecule has 2 aromatic rings. The third kappa shape index (κ3) is 3.28.